The lowest BCUT2D eigenvalue weighted by Gasteiger charge is -2.29. The molecule has 0 radical (unpaired) electrons. The largest absolute Gasteiger partial charge is 0.493 e. The van der Waals surface area contributed by atoms with E-state index in [2.05, 4.69) is 27.6 Å². The SMILES string of the molecule is CN=C(NCCC1CCN(C)CC1)NCc1cc(OC)c(OC)c(OC)c1. The van der Waals surface area contributed by atoms with Crippen LogP contribution in [0.1, 0.15) is 24.8 Å². The smallest absolute Gasteiger partial charge is 0.203 e. The maximum atomic E-state index is 5.41. The summed E-state index contributed by atoms with van der Waals surface area (Å²) < 4.78 is 16.2. The number of ether oxygens (including phenoxy) is 3. The number of rotatable bonds is 8. The van der Waals surface area contributed by atoms with Crippen LogP contribution in [0.2, 0.25) is 0 Å². The van der Waals surface area contributed by atoms with Gasteiger partial charge in [0.25, 0.3) is 0 Å². The van der Waals surface area contributed by atoms with Gasteiger partial charge >= 0.3 is 0 Å². The molecule has 1 aliphatic rings. The molecule has 1 aromatic carbocycles. The van der Waals surface area contributed by atoms with Crippen LogP contribution < -0.4 is 24.8 Å². The molecular weight excluding hydrogens is 344 g/mol. The number of guanidine groups is 1. The molecule has 2 N–H and O–H groups in total. The summed E-state index contributed by atoms with van der Waals surface area (Å²) in [5.41, 5.74) is 1.03. The zero-order valence-corrected chi connectivity index (χ0v) is 17.3. The van der Waals surface area contributed by atoms with E-state index in [0.717, 1.165) is 24.0 Å². The number of hydrogen-bond donors (Lipinski definition) is 2. The van der Waals surface area contributed by atoms with Gasteiger partial charge in [0.15, 0.2) is 17.5 Å². The zero-order chi connectivity index (χ0) is 19.6. The lowest BCUT2D eigenvalue weighted by atomic mass is 9.94. The predicted molar refractivity (Wildman–Crippen MR) is 109 cm³/mol. The average molecular weight is 379 g/mol. The first kappa shape index (κ1) is 21.2. The molecule has 7 nitrogen and oxygen atoms in total. The van der Waals surface area contributed by atoms with Crippen molar-refractivity contribution in [1.29, 1.82) is 0 Å². The van der Waals surface area contributed by atoms with E-state index >= 15 is 0 Å². The van der Waals surface area contributed by atoms with Crippen LogP contribution in [0.4, 0.5) is 0 Å². The highest BCUT2D eigenvalue weighted by Crippen LogP contribution is 2.38. The average Bonchev–Trinajstić information content (AvgIpc) is 2.70. The predicted octanol–water partition coefficient (Wildman–Crippen LogP) is 2.11. The van der Waals surface area contributed by atoms with Crippen LogP contribution in [0.25, 0.3) is 0 Å². The van der Waals surface area contributed by atoms with Crippen molar-refractivity contribution in [3.8, 4) is 17.2 Å². The Bertz CT molecular complexity index is 588. The first-order valence-corrected chi connectivity index (χ1v) is 9.53. The van der Waals surface area contributed by atoms with Gasteiger partial charge in [0.05, 0.1) is 21.3 Å². The van der Waals surface area contributed by atoms with Gasteiger partial charge in [-0.1, -0.05) is 0 Å². The maximum Gasteiger partial charge on any atom is 0.203 e. The number of piperidine rings is 1. The van der Waals surface area contributed by atoms with Gasteiger partial charge in [-0.15, -0.1) is 0 Å². The lowest BCUT2D eigenvalue weighted by Crippen LogP contribution is -2.38. The monoisotopic (exact) mass is 378 g/mol. The molecule has 0 aliphatic carbocycles. The molecule has 0 bridgehead atoms. The third-order valence-electron chi connectivity index (χ3n) is 5.09. The molecule has 0 spiro atoms. The van der Waals surface area contributed by atoms with Crippen LogP contribution in [0.15, 0.2) is 17.1 Å². The Hall–Kier alpha value is -2.15. The molecule has 152 valence electrons. The Balaban J connectivity index is 1.84. The van der Waals surface area contributed by atoms with Gasteiger partial charge in [0, 0.05) is 20.1 Å². The van der Waals surface area contributed by atoms with Gasteiger partial charge in [-0.05, 0) is 63.0 Å². The number of likely N-dealkylation sites (tertiary alicyclic amines) is 1. The Kier molecular flexibility index (Phi) is 8.51. The molecule has 0 amide bonds. The van der Waals surface area contributed by atoms with Crippen LogP contribution >= 0.6 is 0 Å². The highest BCUT2D eigenvalue weighted by Gasteiger charge is 2.16. The summed E-state index contributed by atoms with van der Waals surface area (Å²) in [5, 5.41) is 6.77. The lowest BCUT2D eigenvalue weighted by molar-refractivity contribution is 0.213. The van der Waals surface area contributed by atoms with Crippen LogP contribution in [-0.4, -0.2) is 65.9 Å². The summed E-state index contributed by atoms with van der Waals surface area (Å²) in [6.45, 7) is 3.96. The Morgan fingerprint density at radius 2 is 1.70 bits per heavy atom. The van der Waals surface area contributed by atoms with E-state index in [-0.39, 0.29) is 0 Å². The molecule has 0 aromatic heterocycles. The first-order chi connectivity index (χ1) is 13.1. The van der Waals surface area contributed by atoms with Crippen molar-refractivity contribution >= 4 is 5.96 Å². The van der Waals surface area contributed by atoms with Crippen molar-refractivity contribution in [2.24, 2.45) is 10.9 Å². The minimum atomic E-state index is 0.601. The van der Waals surface area contributed by atoms with Crippen molar-refractivity contribution in [1.82, 2.24) is 15.5 Å². The molecule has 27 heavy (non-hydrogen) atoms. The van der Waals surface area contributed by atoms with Gasteiger partial charge in [0.2, 0.25) is 5.75 Å². The molecule has 7 heteroatoms. The third kappa shape index (κ3) is 6.20. The summed E-state index contributed by atoms with van der Waals surface area (Å²) in [7, 11) is 8.84. The first-order valence-electron chi connectivity index (χ1n) is 9.53. The van der Waals surface area contributed by atoms with Crippen molar-refractivity contribution in [2.75, 3.05) is 55.1 Å². The van der Waals surface area contributed by atoms with Crippen LogP contribution in [0, 0.1) is 5.92 Å². The maximum absolute atomic E-state index is 5.41. The minimum absolute atomic E-state index is 0.601. The fourth-order valence-corrected chi connectivity index (χ4v) is 3.39. The second kappa shape index (κ2) is 10.9. The molecule has 1 heterocycles. The van der Waals surface area contributed by atoms with E-state index in [1.807, 2.05) is 12.1 Å². The number of hydrogen-bond acceptors (Lipinski definition) is 5. The molecule has 0 atom stereocenters. The van der Waals surface area contributed by atoms with E-state index in [4.69, 9.17) is 14.2 Å². The van der Waals surface area contributed by atoms with Crippen molar-refractivity contribution in [3.63, 3.8) is 0 Å². The molecule has 1 aliphatic heterocycles. The van der Waals surface area contributed by atoms with Crippen LogP contribution in [-0.2, 0) is 6.54 Å². The van der Waals surface area contributed by atoms with E-state index < -0.39 is 0 Å². The van der Waals surface area contributed by atoms with Crippen molar-refractivity contribution < 1.29 is 14.2 Å². The standard InChI is InChI=1S/C20H34N4O3/c1-21-20(22-9-6-15-7-10-24(2)11-8-15)23-14-16-12-17(25-3)19(27-5)18(13-16)26-4/h12-13,15H,6-11,14H2,1-5H3,(H2,21,22,23). The van der Waals surface area contributed by atoms with E-state index in [9.17, 15) is 0 Å². The Morgan fingerprint density at radius 3 is 2.22 bits per heavy atom. The molecule has 1 aromatic rings. The number of nitrogens with one attached hydrogen (secondary N) is 2. The molecule has 1 saturated heterocycles. The summed E-state index contributed by atoms with van der Waals surface area (Å²) in [5.74, 6) is 3.51. The summed E-state index contributed by atoms with van der Waals surface area (Å²) in [4.78, 5) is 6.72. The molecule has 0 saturated carbocycles. The summed E-state index contributed by atoms with van der Waals surface area (Å²) in [6.07, 6.45) is 3.75. The van der Waals surface area contributed by atoms with E-state index in [1.54, 1.807) is 28.4 Å². The normalized spacial score (nSPS) is 16.1. The Morgan fingerprint density at radius 1 is 1.07 bits per heavy atom. The zero-order valence-electron chi connectivity index (χ0n) is 17.3. The number of benzene rings is 1. The molecular formula is C20H34N4O3. The van der Waals surface area contributed by atoms with Gasteiger partial charge in [-0.25, -0.2) is 0 Å². The summed E-state index contributed by atoms with van der Waals surface area (Å²) >= 11 is 0. The van der Waals surface area contributed by atoms with Gasteiger partial charge in [0.1, 0.15) is 0 Å². The van der Waals surface area contributed by atoms with E-state index in [1.165, 1.54) is 32.4 Å². The molecule has 0 unspecified atom stereocenters. The van der Waals surface area contributed by atoms with Crippen LogP contribution in [0.5, 0.6) is 17.2 Å². The highest BCUT2D eigenvalue weighted by atomic mass is 16.5. The molecule has 2 rings (SSSR count). The fraction of sp³-hybridized carbons (Fsp3) is 0.650. The van der Waals surface area contributed by atoms with Crippen molar-refractivity contribution in [2.45, 2.75) is 25.8 Å². The van der Waals surface area contributed by atoms with Gasteiger partial charge < -0.3 is 29.7 Å². The van der Waals surface area contributed by atoms with Gasteiger partial charge in [-0.2, -0.15) is 0 Å². The highest BCUT2D eigenvalue weighted by molar-refractivity contribution is 5.79. The topological polar surface area (TPSA) is 67.4 Å². The van der Waals surface area contributed by atoms with E-state index in [0.29, 0.717) is 23.8 Å². The quantitative estimate of drug-likeness (QED) is 0.533. The summed E-state index contributed by atoms with van der Waals surface area (Å²) in [6, 6.07) is 3.89. The number of nitrogens with zero attached hydrogens (tertiary/aromatic N) is 2. The third-order valence-corrected chi connectivity index (χ3v) is 5.09. The minimum Gasteiger partial charge on any atom is -0.493 e. The van der Waals surface area contributed by atoms with Crippen molar-refractivity contribution in [3.05, 3.63) is 17.7 Å². The molecule has 1 fully saturated rings. The second-order valence-corrected chi connectivity index (χ2v) is 6.92. The van der Waals surface area contributed by atoms with Crippen LogP contribution in [0.3, 0.4) is 0 Å². The fourth-order valence-electron chi connectivity index (χ4n) is 3.39. The number of aliphatic imine (C=N–C) groups is 1. The second-order valence-electron chi connectivity index (χ2n) is 6.92. The Labute approximate surface area is 163 Å². The number of methoxy groups -OCH3 is 3. The van der Waals surface area contributed by atoms with Gasteiger partial charge in [-0.3, -0.25) is 4.99 Å².